The van der Waals surface area contributed by atoms with E-state index in [9.17, 15) is 18.0 Å². The Kier molecular flexibility index (Phi) is 7.64. The fourth-order valence-electron chi connectivity index (χ4n) is 3.43. The highest BCUT2D eigenvalue weighted by Gasteiger charge is 2.41. The van der Waals surface area contributed by atoms with Crippen molar-refractivity contribution in [2.75, 3.05) is 39.8 Å². The number of hydrogen-bond acceptors (Lipinski definition) is 4. The van der Waals surface area contributed by atoms with Crippen molar-refractivity contribution < 1.29 is 22.7 Å². The fourth-order valence-corrected chi connectivity index (χ4v) is 3.43. The highest BCUT2D eigenvalue weighted by atomic mass is 19.4. The largest absolute Gasteiger partial charge is 0.484 e. The molecule has 172 valence electrons. The molecule has 1 heterocycles. The quantitative estimate of drug-likeness (QED) is 0.500. The molecule has 1 aromatic carbocycles. The summed E-state index contributed by atoms with van der Waals surface area (Å²) in [5.41, 5.74) is 0.950. The molecule has 1 saturated heterocycles. The molecule has 0 aromatic heterocycles. The molecule has 2 aliphatic rings. The van der Waals surface area contributed by atoms with Crippen molar-refractivity contribution in [3.05, 3.63) is 29.8 Å². The number of guanidine groups is 1. The molecule has 1 amide bonds. The number of piperazine rings is 1. The first kappa shape index (κ1) is 23.2. The zero-order valence-corrected chi connectivity index (χ0v) is 17.9. The minimum atomic E-state index is -4.21. The predicted octanol–water partition coefficient (Wildman–Crippen LogP) is 1.99. The van der Waals surface area contributed by atoms with Gasteiger partial charge in [-0.2, -0.15) is 13.2 Å². The number of nitrogens with one attached hydrogen (secondary N) is 2. The lowest BCUT2D eigenvalue weighted by Crippen LogP contribution is -2.56. The number of carbonyl (C=O) groups is 1. The van der Waals surface area contributed by atoms with Crippen LogP contribution in [0.5, 0.6) is 5.75 Å². The van der Waals surface area contributed by atoms with Crippen LogP contribution < -0.4 is 15.4 Å². The summed E-state index contributed by atoms with van der Waals surface area (Å²) in [5, 5.41) is 6.13. The van der Waals surface area contributed by atoms with E-state index < -0.39 is 12.2 Å². The van der Waals surface area contributed by atoms with Gasteiger partial charge in [-0.25, -0.2) is 0 Å². The normalized spacial score (nSPS) is 19.1. The number of halogens is 3. The van der Waals surface area contributed by atoms with Crippen LogP contribution in [0.2, 0.25) is 0 Å². The Morgan fingerprint density at radius 3 is 2.58 bits per heavy atom. The molecule has 2 fully saturated rings. The first-order valence-electron chi connectivity index (χ1n) is 10.5. The monoisotopic (exact) mass is 441 g/mol. The first-order valence-corrected chi connectivity index (χ1v) is 10.5. The lowest BCUT2D eigenvalue weighted by Gasteiger charge is -2.39. The number of aliphatic imine (C=N–C) groups is 1. The maximum absolute atomic E-state index is 12.9. The standard InChI is InChI=1S/C21H30F3N5O2/c1-15(21(22,23)24)28-8-10-29(11-9-28)20(25-2)26-13-16-4-3-5-18(12-16)31-14-19(30)27-17-6-7-17/h3-5,12,15,17H,6-11,13-14H2,1-2H3,(H,25,26)(H,27,30). The summed E-state index contributed by atoms with van der Waals surface area (Å²) in [6.07, 6.45) is -2.15. The number of nitrogens with zero attached hydrogens (tertiary/aromatic N) is 3. The highest BCUT2D eigenvalue weighted by Crippen LogP contribution is 2.25. The first-order chi connectivity index (χ1) is 14.8. The van der Waals surface area contributed by atoms with Gasteiger partial charge in [0.05, 0.1) is 0 Å². The molecule has 2 N–H and O–H groups in total. The van der Waals surface area contributed by atoms with Crippen molar-refractivity contribution in [2.45, 2.75) is 44.6 Å². The Balaban J connectivity index is 1.45. The second kappa shape index (κ2) is 10.2. The summed E-state index contributed by atoms with van der Waals surface area (Å²) in [6.45, 7) is 3.26. The lowest BCUT2D eigenvalue weighted by atomic mass is 10.2. The molecule has 3 rings (SSSR count). The van der Waals surface area contributed by atoms with Crippen LogP contribution in [0.1, 0.15) is 25.3 Å². The molecule has 1 atom stereocenters. The van der Waals surface area contributed by atoms with E-state index in [0.29, 0.717) is 50.5 Å². The molecule has 0 bridgehead atoms. The minimum Gasteiger partial charge on any atom is -0.484 e. The third-order valence-electron chi connectivity index (χ3n) is 5.51. The summed E-state index contributed by atoms with van der Waals surface area (Å²) in [6, 6.07) is 6.29. The topological polar surface area (TPSA) is 69.2 Å². The van der Waals surface area contributed by atoms with Gasteiger partial charge >= 0.3 is 6.18 Å². The van der Waals surface area contributed by atoms with Crippen LogP contribution in [0.4, 0.5) is 13.2 Å². The number of carbonyl (C=O) groups excluding carboxylic acids is 1. The van der Waals surface area contributed by atoms with E-state index in [2.05, 4.69) is 15.6 Å². The fraction of sp³-hybridized carbons (Fsp3) is 0.619. The third kappa shape index (κ3) is 7.02. The third-order valence-corrected chi connectivity index (χ3v) is 5.51. The zero-order chi connectivity index (χ0) is 22.4. The summed E-state index contributed by atoms with van der Waals surface area (Å²) in [5.74, 6) is 1.13. The lowest BCUT2D eigenvalue weighted by molar-refractivity contribution is -0.181. The molecule has 0 radical (unpaired) electrons. The van der Waals surface area contributed by atoms with Crippen molar-refractivity contribution in [1.29, 1.82) is 0 Å². The van der Waals surface area contributed by atoms with Crippen LogP contribution >= 0.6 is 0 Å². The van der Waals surface area contributed by atoms with E-state index in [1.165, 1.54) is 11.8 Å². The molecule has 31 heavy (non-hydrogen) atoms. The Bertz CT molecular complexity index is 775. The van der Waals surface area contributed by atoms with Gasteiger partial charge in [0.1, 0.15) is 11.8 Å². The van der Waals surface area contributed by atoms with Crippen molar-refractivity contribution in [3.8, 4) is 5.75 Å². The van der Waals surface area contributed by atoms with Gasteiger partial charge in [-0.3, -0.25) is 14.7 Å². The molecular weight excluding hydrogens is 411 g/mol. The number of benzene rings is 1. The van der Waals surface area contributed by atoms with E-state index in [1.807, 2.05) is 23.1 Å². The molecule has 1 aliphatic heterocycles. The number of hydrogen-bond donors (Lipinski definition) is 2. The van der Waals surface area contributed by atoms with Crippen molar-refractivity contribution in [1.82, 2.24) is 20.4 Å². The Morgan fingerprint density at radius 2 is 1.97 bits per heavy atom. The second-order valence-corrected chi connectivity index (χ2v) is 7.92. The maximum atomic E-state index is 12.9. The van der Waals surface area contributed by atoms with E-state index in [4.69, 9.17) is 4.74 Å². The maximum Gasteiger partial charge on any atom is 0.403 e. The van der Waals surface area contributed by atoms with Crippen LogP contribution in [0, 0.1) is 0 Å². The molecule has 7 nitrogen and oxygen atoms in total. The van der Waals surface area contributed by atoms with Gasteiger partial charge < -0.3 is 20.3 Å². The van der Waals surface area contributed by atoms with Gasteiger partial charge in [0, 0.05) is 45.8 Å². The van der Waals surface area contributed by atoms with Crippen molar-refractivity contribution in [2.24, 2.45) is 4.99 Å². The van der Waals surface area contributed by atoms with E-state index >= 15 is 0 Å². The SMILES string of the molecule is CN=C(NCc1cccc(OCC(=O)NC2CC2)c1)N1CCN(C(C)C(F)(F)F)CC1. The number of ether oxygens (including phenoxy) is 1. The van der Waals surface area contributed by atoms with E-state index in [1.54, 1.807) is 13.1 Å². The van der Waals surface area contributed by atoms with Gasteiger partial charge in [-0.1, -0.05) is 12.1 Å². The summed E-state index contributed by atoms with van der Waals surface area (Å²) in [7, 11) is 1.66. The number of amides is 1. The molecular formula is C21H30F3N5O2. The molecule has 10 heteroatoms. The average molecular weight is 441 g/mol. The summed E-state index contributed by atoms with van der Waals surface area (Å²) in [4.78, 5) is 19.4. The molecule has 1 aromatic rings. The van der Waals surface area contributed by atoms with Crippen LogP contribution in [0.15, 0.2) is 29.3 Å². The Morgan fingerprint density at radius 1 is 1.26 bits per heavy atom. The smallest absolute Gasteiger partial charge is 0.403 e. The predicted molar refractivity (Wildman–Crippen MR) is 112 cm³/mol. The van der Waals surface area contributed by atoms with Gasteiger partial charge in [0.15, 0.2) is 12.6 Å². The van der Waals surface area contributed by atoms with Gasteiger partial charge in [-0.15, -0.1) is 0 Å². The van der Waals surface area contributed by atoms with E-state index in [0.717, 1.165) is 18.4 Å². The summed E-state index contributed by atoms with van der Waals surface area (Å²) < 4.78 is 44.4. The molecule has 1 unspecified atom stereocenters. The van der Waals surface area contributed by atoms with Crippen LogP contribution in [0.25, 0.3) is 0 Å². The van der Waals surface area contributed by atoms with Crippen LogP contribution in [-0.4, -0.2) is 79.8 Å². The average Bonchev–Trinajstić information content (AvgIpc) is 3.56. The minimum absolute atomic E-state index is 0.0182. The Labute approximate surface area is 180 Å². The highest BCUT2D eigenvalue weighted by molar-refractivity contribution is 5.80. The molecule has 1 saturated carbocycles. The molecule has 0 spiro atoms. The van der Waals surface area contributed by atoms with E-state index in [-0.39, 0.29) is 12.5 Å². The second-order valence-electron chi connectivity index (χ2n) is 7.92. The van der Waals surface area contributed by atoms with Gasteiger partial charge in [0.25, 0.3) is 5.91 Å². The Hall–Kier alpha value is -2.49. The number of rotatable bonds is 7. The van der Waals surface area contributed by atoms with Crippen molar-refractivity contribution in [3.63, 3.8) is 0 Å². The van der Waals surface area contributed by atoms with Gasteiger partial charge in [0.2, 0.25) is 0 Å². The van der Waals surface area contributed by atoms with Crippen LogP contribution in [0.3, 0.4) is 0 Å². The van der Waals surface area contributed by atoms with Gasteiger partial charge in [-0.05, 0) is 37.5 Å². The summed E-state index contributed by atoms with van der Waals surface area (Å²) >= 11 is 0. The van der Waals surface area contributed by atoms with Crippen LogP contribution in [-0.2, 0) is 11.3 Å². The zero-order valence-electron chi connectivity index (χ0n) is 17.9. The number of alkyl halides is 3. The molecule has 1 aliphatic carbocycles. The van der Waals surface area contributed by atoms with Crippen molar-refractivity contribution >= 4 is 11.9 Å².